The molecule has 4 rings (SSSR count). The SMILES string of the molecule is CC1CN(c2cc(Oc3ccc(F)cc3Cl)ncn2)CCN1C(=O)c1cccc(Cl)c1. The molecule has 0 aliphatic carbocycles. The van der Waals surface area contributed by atoms with Crippen molar-refractivity contribution in [2.75, 3.05) is 24.5 Å². The fraction of sp³-hybridized carbons (Fsp3) is 0.227. The molecule has 0 radical (unpaired) electrons. The van der Waals surface area contributed by atoms with Gasteiger partial charge >= 0.3 is 0 Å². The fourth-order valence-electron chi connectivity index (χ4n) is 3.48. The van der Waals surface area contributed by atoms with Crippen LogP contribution < -0.4 is 9.64 Å². The van der Waals surface area contributed by atoms with Crippen LogP contribution in [0, 0.1) is 5.82 Å². The number of amides is 1. The summed E-state index contributed by atoms with van der Waals surface area (Å²) < 4.78 is 18.9. The van der Waals surface area contributed by atoms with Crippen molar-refractivity contribution in [1.82, 2.24) is 14.9 Å². The van der Waals surface area contributed by atoms with Gasteiger partial charge in [-0.3, -0.25) is 4.79 Å². The first kappa shape index (κ1) is 21.3. The van der Waals surface area contributed by atoms with Crippen LogP contribution in [0.25, 0.3) is 0 Å². The summed E-state index contributed by atoms with van der Waals surface area (Å²) in [6, 6.07) is 12.5. The molecule has 0 saturated carbocycles. The maximum absolute atomic E-state index is 13.2. The summed E-state index contributed by atoms with van der Waals surface area (Å²) in [5.74, 6) is 0.777. The molecular weight excluding hydrogens is 442 g/mol. The van der Waals surface area contributed by atoms with E-state index in [1.165, 1.54) is 24.5 Å². The summed E-state index contributed by atoms with van der Waals surface area (Å²) in [4.78, 5) is 25.2. The molecule has 1 aromatic heterocycles. The zero-order chi connectivity index (χ0) is 22.0. The van der Waals surface area contributed by atoms with Crippen molar-refractivity contribution in [1.29, 1.82) is 0 Å². The largest absolute Gasteiger partial charge is 0.437 e. The van der Waals surface area contributed by atoms with E-state index in [1.54, 1.807) is 30.3 Å². The number of anilines is 1. The molecule has 6 nitrogen and oxygen atoms in total. The van der Waals surface area contributed by atoms with Crippen molar-refractivity contribution < 1.29 is 13.9 Å². The van der Waals surface area contributed by atoms with E-state index in [2.05, 4.69) is 14.9 Å². The van der Waals surface area contributed by atoms with Crippen molar-refractivity contribution in [3.63, 3.8) is 0 Å². The Morgan fingerprint density at radius 2 is 1.97 bits per heavy atom. The maximum atomic E-state index is 13.2. The molecule has 3 aromatic rings. The molecule has 0 bridgehead atoms. The number of halogens is 3. The molecular formula is C22H19Cl2FN4O2. The molecule has 0 N–H and O–H groups in total. The van der Waals surface area contributed by atoms with Crippen LogP contribution in [0.2, 0.25) is 10.0 Å². The topological polar surface area (TPSA) is 58.6 Å². The van der Waals surface area contributed by atoms with E-state index in [1.807, 2.05) is 11.8 Å². The van der Waals surface area contributed by atoms with Crippen LogP contribution in [0.5, 0.6) is 11.6 Å². The van der Waals surface area contributed by atoms with Crippen molar-refractivity contribution in [2.45, 2.75) is 13.0 Å². The van der Waals surface area contributed by atoms with Crippen molar-refractivity contribution >= 4 is 34.9 Å². The van der Waals surface area contributed by atoms with E-state index in [4.69, 9.17) is 27.9 Å². The van der Waals surface area contributed by atoms with Gasteiger partial charge in [0, 0.05) is 42.3 Å². The number of ether oxygens (including phenoxy) is 1. The highest BCUT2D eigenvalue weighted by Gasteiger charge is 2.29. The number of nitrogens with zero attached hydrogens (tertiary/aromatic N) is 4. The minimum Gasteiger partial charge on any atom is -0.437 e. The number of benzene rings is 2. The Morgan fingerprint density at radius 1 is 1.13 bits per heavy atom. The van der Waals surface area contributed by atoms with Crippen LogP contribution in [-0.4, -0.2) is 46.5 Å². The minimum absolute atomic E-state index is 0.0360. The lowest BCUT2D eigenvalue weighted by Gasteiger charge is -2.40. The van der Waals surface area contributed by atoms with Crippen molar-refractivity contribution in [2.24, 2.45) is 0 Å². The molecule has 2 heterocycles. The molecule has 1 aliphatic rings. The fourth-order valence-corrected chi connectivity index (χ4v) is 3.88. The summed E-state index contributed by atoms with van der Waals surface area (Å²) in [6.07, 6.45) is 1.40. The van der Waals surface area contributed by atoms with E-state index in [0.717, 1.165) is 0 Å². The minimum atomic E-state index is -0.445. The van der Waals surface area contributed by atoms with Crippen LogP contribution in [0.1, 0.15) is 17.3 Å². The second kappa shape index (κ2) is 9.08. The molecule has 31 heavy (non-hydrogen) atoms. The number of rotatable bonds is 4. The van der Waals surface area contributed by atoms with Gasteiger partial charge in [-0.2, -0.15) is 0 Å². The van der Waals surface area contributed by atoms with Gasteiger partial charge in [-0.1, -0.05) is 29.3 Å². The highest BCUT2D eigenvalue weighted by atomic mass is 35.5. The normalized spacial score (nSPS) is 16.3. The number of aromatic nitrogens is 2. The molecule has 1 aliphatic heterocycles. The first-order valence-corrected chi connectivity index (χ1v) is 10.4. The average Bonchev–Trinajstić information content (AvgIpc) is 2.75. The number of carbonyl (C=O) groups is 1. The zero-order valence-electron chi connectivity index (χ0n) is 16.6. The van der Waals surface area contributed by atoms with Gasteiger partial charge in [0.1, 0.15) is 23.7 Å². The van der Waals surface area contributed by atoms with Gasteiger partial charge in [0.15, 0.2) is 0 Å². The van der Waals surface area contributed by atoms with Gasteiger partial charge < -0.3 is 14.5 Å². The maximum Gasteiger partial charge on any atom is 0.254 e. The van der Waals surface area contributed by atoms with Gasteiger partial charge in [-0.15, -0.1) is 0 Å². The number of hydrogen-bond acceptors (Lipinski definition) is 5. The number of carbonyl (C=O) groups excluding carboxylic acids is 1. The molecule has 2 aromatic carbocycles. The molecule has 9 heteroatoms. The summed E-state index contributed by atoms with van der Waals surface area (Å²) in [5, 5.41) is 0.689. The van der Waals surface area contributed by atoms with E-state index in [0.29, 0.717) is 47.7 Å². The lowest BCUT2D eigenvalue weighted by molar-refractivity contribution is 0.0673. The van der Waals surface area contributed by atoms with Crippen LogP contribution in [0.3, 0.4) is 0 Å². The highest BCUT2D eigenvalue weighted by molar-refractivity contribution is 6.32. The Labute approximate surface area is 189 Å². The van der Waals surface area contributed by atoms with Gasteiger partial charge in [0.2, 0.25) is 5.88 Å². The van der Waals surface area contributed by atoms with Crippen LogP contribution >= 0.6 is 23.2 Å². The predicted molar refractivity (Wildman–Crippen MR) is 118 cm³/mol. The monoisotopic (exact) mass is 460 g/mol. The Kier molecular flexibility index (Phi) is 6.25. The van der Waals surface area contributed by atoms with Crippen molar-refractivity contribution in [3.8, 4) is 11.6 Å². The molecule has 1 unspecified atom stereocenters. The van der Waals surface area contributed by atoms with Crippen LogP contribution in [-0.2, 0) is 0 Å². The molecule has 1 saturated heterocycles. The summed E-state index contributed by atoms with van der Waals surface area (Å²) in [7, 11) is 0. The zero-order valence-corrected chi connectivity index (χ0v) is 18.1. The molecule has 0 spiro atoms. The summed E-state index contributed by atoms with van der Waals surface area (Å²) >= 11 is 12.1. The van der Waals surface area contributed by atoms with E-state index >= 15 is 0 Å². The van der Waals surface area contributed by atoms with Gasteiger partial charge in [0.25, 0.3) is 5.91 Å². The van der Waals surface area contributed by atoms with Crippen LogP contribution in [0.4, 0.5) is 10.2 Å². The lowest BCUT2D eigenvalue weighted by Crippen LogP contribution is -2.54. The van der Waals surface area contributed by atoms with Gasteiger partial charge in [0.05, 0.1) is 5.02 Å². The lowest BCUT2D eigenvalue weighted by atomic mass is 10.1. The first-order chi connectivity index (χ1) is 14.9. The van der Waals surface area contributed by atoms with Gasteiger partial charge in [-0.05, 0) is 43.3 Å². The van der Waals surface area contributed by atoms with Gasteiger partial charge in [-0.25, -0.2) is 14.4 Å². The third kappa shape index (κ3) is 4.89. The van der Waals surface area contributed by atoms with E-state index in [-0.39, 0.29) is 17.0 Å². The molecule has 1 amide bonds. The standard InChI is InChI=1S/C22H19Cl2FN4O2/c1-14-12-28(7-8-29(14)22(30)15-3-2-4-16(23)9-15)20-11-21(27-13-26-20)31-19-6-5-17(25)10-18(19)24/h2-6,9-11,13-14H,7-8,12H2,1H3. The third-order valence-electron chi connectivity index (χ3n) is 5.02. The van der Waals surface area contributed by atoms with E-state index in [9.17, 15) is 9.18 Å². The quantitative estimate of drug-likeness (QED) is 0.544. The molecule has 160 valence electrons. The molecule has 1 fully saturated rings. The molecule has 1 atom stereocenters. The third-order valence-corrected chi connectivity index (χ3v) is 5.55. The summed E-state index contributed by atoms with van der Waals surface area (Å²) in [5.41, 5.74) is 0.571. The van der Waals surface area contributed by atoms with Crippen LogP contribution in [0.15, 0.2) is 54.9 Å². The summed E-state index contributed by atoms with van der Waals surface area (Å²) in [6.45, 7) is 3.73. The number of hydrogen-bond donors (Lipinski definition) is 0. The van der Waals surface area contributed by atoms with Crippen molar-refractivity contribution in [3.05, 3.63) is 76.3 Å². The second-order valence-electron chi connectivity index (χ2n) is 7.20. The predicted octanol–water partition coefficient (Wildman–Crippen LogP) is 5.07. The Hall–Kier alpha value is -2.90. The first-order valence-electron chi connectivity index (χ1n) is 9.67. The second-order valence-corrected chi connectivity index (χ2v) is 8.04. The Balaban J connectivity index is 1.45. The Bertz CT molecular complexity index is 1110. The smallest absolute Gasteiger partial charge is 0.254 e. The van der Waals surface area contributed by atoms with E-state index < -0.39 is 5.82 Å². The number of piperazine rings is 1. The average molecular weight is 461 g/mol. The highest BCUT2D eigenvalue weighted by Crippen LogP contribution is 2.30. The Morgan fingerprint density at radius 3 is 2.71 bits per heavy atom.